The molecule has 0 atom stereocenters. The van der Waals surface area contributed by atoms with Gasteiger partial charge in [-0.2, -0.15) is 0 Å². The second-order valence-electron chi connectivity index (χ2n) is 2.64. The van der Waals surface area contributed by atoms with Crippen LogP contribution in [-0.4, -0.2) is 15.7 Å². The fraction of sp³-hybridized carbons (Fsp3) is 0.250. The van der Waals surface area contributed by atoms with E-state index in [9.17, 15) is 9.59 Å². The van der Waals surface area contributed by atoms with E-state index in [2.05, 4.69) is 47.8 Å². The molecule has 0 aromatic carbocycles. The lowest BCUT2D eigenvalue weighted by molar-refractivity contribution is 0.102. The molecule has 0 N–H and O–H groups in total. The lowest BCUT2D eigenvalue weighted by atomic mass is 10.2. The third-order valence-electron chi connectivity index (χ3n) is 1.67. The monoisotopic (exact) mass is 385 g/mol. The summed E-state index contributed by atoms with van der Waals surface area (Å²) in [4.78, 5) is 23.0. The highest BCUT2D eigenvalue weighted by Crippen LogP contribution is 2.22. The van der Waals surface area contributed by atoms with Crippen LogP contribution in [0, 0.1) is 0 Å². The van der Waals surface area contributed by atoms with Crippen LogP contribution < -0.4 is 5.56 Å². The molecule has 0 aliphatic carbocycles. The Balaban J connectivity index is 3.52. The molecule has 0 radical (unpaired) electrons. The van der Waals surface area contributed by atoms with Crippen molar-refractivity contribution in [1.29, 1.82) is 0 Å². The van der Waals surface area contributed by atoms with Gasteiger partial charge in [0, 0.05) is 17.7 Å². The number of nitrogens with zero attached hydrogens (tertiary/aromatic N) is 1. The summed E-state index contributed by atoms with van der Waals surface area (Å²) in [6.45, 7) is 0. The maximum absolute atomic E-state index is 11.5. The molecule has 76 valence electrons. The predicted octanol–water partition coefficient (Wildman–Crippen LogP) is 2.49. The third kappa shape index (κ3) is 2.17. The number of halogens is 3. The molecule has 0 saturated heterocycles. The van der Waals surface area contributed by atoms with E-state index in [1.54, 1.807) is 13.2 Å². The van der Waals surface area contributed by atoms with Crippen LogP contribution >= 0.6 is 47.8 Å². The van der Waals surface area contributed by atoms with E-state index >= 15 is 0 Å². The summed E-state index contributed by atoms with van der Waals surface area (Å²) in [5.74, 6) is -0.138. The Morgan fingerprint density at radius 1 is 1.50 bits per heavy atom. The molecule has 0 spiro atoms. The van der Waals surface area contributed by atoms with E-state index in [-0.39, 0.29) is 16.7 Å². The van der Waals surface area contributed by atoms with Gasteiger partial charge in [-0.3, -0.25) is 9.59 Å². The van der Waals surface area contributed by atoms with Crippen LogP contribution in [0.4, 0.5) is 0 Å². The number of hydrogen-bond donors (Lipinski definition) is 0. The molecular formula is C8H6Br3NO2. The van der Waals surface area contributed by atoms with Gasteiger partial charge >= 0.3 is 0 Å². The highest BCUT2D eigenvalue weighted by Gasteiger charge is 2.16. The largest absolute Gasteiger partial charge is 0.316 e. The quantitative estimate of drug-likeness (QED) is 0.577. The lowest BCUT2D eigenvalue weighted by Gasteiger charge is -2.06. The minimum Gasteiger partial charge on any atom is -0.316 e. The van der Waals surface area contributed by atoms with Gasteiger partial charge in [-0.05, 0) is 31.9 Å². The van der Waals surface area contributed by atoms with Crippen molar-refractivity contribution in [3.05, 3.63) is 31.1 Å². The number of carbonyl (C=O) groups is 1. The van der Waals surface area contributed by atoms with Gasteiger partial charge in [0.2, 0.25) is 0 Å². The van der Waals surface area contributed by atoms with Crippen molar-refractivity contribution in [3.63, 3.8) is 0 Å². The standard InChI is InChI=1S/C8H6Br3NO2/c1-12-3-4(10)6(5(13)2-9)7(11)8(12)14/h3H,2H2,1H3. The van der Waals surface area contributed by atoms with Gasteiger partial charge in [-0.25, -0.2) is 0 Å². The van der Waals surface area contributed by atoms with Crippen LogP contribution in [0.2, 0.25) is 0 Å². The number of carbonyl (C=O) groups excluding carboxylic acids is 1. The molecule has 3 nitrogen and oxygen atoms in total. The fourth-order valence-corrected chi connectivity index (χ4v) is 2.97. The first-order valence-corrected chi connectivity index (χ1v) is 6.33. The van der Waals surface area contributed by atoms with Crippen molar-refractivity contribution in [2.75, 3.05) is 5.33 Å². The summed E-state index contributed by atoms with van der Waals surface area (Å²) < 4.78 is 2.30. The summed E-state index contributed by atoms with van der Waals surface area (Å²) in [5, 5.41) is 0.192. The zero-order valence-electron chi connectivity index (χ0n) is 7.18. The maximum atomic E-state index is 11.5. The van der Waals surface area contributed by atoms with Crippen LogP contribution in [0.25, 0.3) is 0 Å². The van der Waals surface area contributed by atoms with E-state index in [0.29, 0.717) is 14.5 Å². The van der Waals surface area contributed by atoms with Crippen molar-refractivity contribution in [2.24, 2.45) is 7.05 Å². The Morgan fingerprint density at radius 3 is 2.57 bits per heavy atom. The molecule has 6 heteroatoms. The van der Waals surface area contributed by atoms with Gasteiger partial charge in [-0.15, -0.1) is 0 Å². The molecule has 1 aromatic heterocycles. The van der Waals surface area contributed by atoms with Crippen molar-refractivity contribution in [3.8, 4) is 0 Å². The highest BCUT2D eigenvalue weighted by molar-refractivity contribution is 9.11. The molecule has 0 saturated carbocycles. The van der Waals surface area contributed by atoms with Gasteiger partial charge in [0.05, 0.1) is 15.4 Å². The number of ketones is 1. The van der Waals surface area contributed by atoms with E-state index in [4.69, 9.17) is 0 Å². The van der Waals surface area contributed by atoms with Crippen molar-refractivity contribution in [1.82, 2.24) is 4.57 Å². The van der Waals surface area contributed by atoms with E-state index < -0.39 is 0 Å². The first kappa shape index (κ1) is 12.1. The number of rotatable bonds is 2. The van der Waals surface area contributed by atoms with E-state index in [1.165, 1.54) is 4.57 Å². The Hall–Kier alpha value is 0.0600. The Labute approximate surface area is 106 Å². The van der Waals surface area contributed by atoms with Crippen LogP contribution in [0.5, 0.6) is 0 Å². The first-order chi connectivity index (χ1) is 6.49. The van der Waals surface area contributed by atoms with Crippen LogP contribution in [0.15, 0.2) is 19.9 Å². The number of Topliss-reactive ketones (excluding diaryl/α,β-unsaturated/α-hetero) is 1. The van der Waals surface area contributed by atoms with Crippen LogP contribution in [0.1, 0.15) is 10.4 Å². The number of aryl methyl sites for hydroxylation is 1. The van der Waals surface area contributed by atoms with Crippen molar-refractivity contribution in [2.45, 2.75) is 0 Å². The summed E-state index contributed by atoms with van der Waals surface area (Å²) in [7, 11) is 1.63. The lowest BCUT2D eigenvalue weighted by Crippen LogP contribution is -2.21. The Kier molecular flexibility index (Phi) is 4.09. The van der Waals surface area contributed by atoms with Crippen LogP contribution in [0.3, 0.4) is 0 Å². The molecule has 14 heavy (non-hydrogen) atoms. The minimum absolute atomic E-state index is 0.138. The van der Waals surface area contributed by atoms with Crippen molar-refractivity contribution < 1.29 is 4.79 Å². The second-order valence-corrected chi connectivity index (χ2v) is 4.85. The minimum atomic E-state index is -0.225. The second kappa shape index (κ2) is 4.72. The summed E-state index contributed by atoms with van der Waals surface area (Å²) >= 11 is 9.42. The number of hydrogen-bond acceptors (Lipinski definition) is 2. The molecule has 0 aliphatic rings. The van der Waals surface area contributed by atoms with Gasteiger partial charge in [0.15, 0.2) is 5.78 Å². The molecule has 0 fully saturated rings. The average molecular weight is 388 g/mol. The molecule has 0 aliphatic heterocycles. The number of aromatic nitrogens is 1. The number of alkyl halides is 1. The molecule has 1 heterocycles. The third-order valence-corrected chi connectivity index (χ3v) is 3.52. The first-order valence-electron chi connectivity index (χ1n) is 3.62. The number of pyridine rings is 1. The van der Waals surface area contributed by atoms with Gasteiger partial charge in [-0.1, -0.05) is 15.9 Å². The van der Waals surface area contributed by atoms with Gasteiger partial charge in [0.25, 0.3) is 5.56 Å². The predicted molar refractivity (Wildman–Crippen MR) is 65.2 cm³/mol. The van der Waals surface area contributed by atoms with Gasteiger partial charge in [0.1, 0.15) is 0 Å². The smallest absolute Gasteiger partial charge is 0.265 e. The van der Waals surface area contributed by atoms with Crippen molar-refractivity contribution >= 4 is 53.6 Å². The molecule has 0 amide bonds. The van der Waals surface area contributed by atoms with Crippen LogP contribution in [-0.2, 0) is 7.05 Å². The molecule has 1 rings (SSSR count). The molecular weight excluding hydrogens is 382 g/mol. The molecule has 1 aromatic rings. The van der Waals surface area contributed by atoms with E-state index in [0.717, 1.165) is 0 Å². The summed E-state index contributed by atoms with van der Waals surface area (Å²) in [6.07, 6.45) is 1.57. The topological polar surface area (TPSA) is 39.1 Å². The highest BCUT2D eigenvalue weighted by atomic mass is 79.9. The zero-order chi connectivity index (χ0) is 10.9. The normalized spacial score (nSPS) is 10.3. The summed E-state index contributed by atoms with van der Waals surface area (Å²) in [5.41, 5.74) is 0.155. The molecule has 0 bridgehead atoms. The average Bonchev–Trinajstić information content (AvgIpc) is 2.14. The fourth-order valence-electron chi connectivity index (χ4n) is 0.982. The Morgan fingerprint density at radius 2 is 2.07 bits per heavy atom. The van der Waals surface area contributed by atoms with E-state index in [1.807, 2.05) is 0 Å². The maximum Gasteiger partial charge on any atom is 0.265 e. The van der Waals surface area contributed by atoms with Gasteiger partial charge < -0.3 is 4.57 Å². The SMILES string of the molecule is Cn1cc(Br)c(C(=O)CBr)c(Br)c1=O. The summed E-state index contributed by atoms with van der Waals surface area (Å²) in [6, 6.07) is 0. The zero-order valence-corrected chi connectivity index (χ0v) is 11.9. The molecule has 0 unspecified atom stereocenters. The Bertz CT molecular complexity index is 439.